The molecule has 2 aliphatic carbocycles. The Labute approximate surface area is 103 Å². The van der Waals surface area contributed by atoms with Crippen molar-refractivity contribution < 1.29 is 14.3 Å². The van der Waals surface area contributed by atoms with E-state index < -0.39 is 0 Å². The largest absolute Gasteiger partial charge is 0.462 e. The number of fused-ring (bicyclic) bond motifs is 1. The molecular weight excluding hydrogens is 216 g/mol. The summed E-state index contributed by atoms with van der Waals surface area (Å²) < 4.78 is 11.1. The molecule has 0 N–H and O–H groups in total. The summed E-state index contributed by atoms with van der Waals surface area (Å²) in [6.07, 6.45) is 8.50. The summed E-state index contributed by atoms with van der Waals surface area (Å²) in [6, 6.07) is 0. The first-order chi connectivity index (χ1) is 8.22. The predicted molar refractivity (Wildman–Crippen MR) is 63.5 cm³/mol. The van der Waals surface area contributed by atoms with Crippen molar-refractivity contribution in [3.8, 4) is 0 Å². The highest BCUT2D eigenvalue weighted by atomic mass is 16.6. The van der Waals surface area contributed by atoms with Crippen LogP contribution in [0.3, 0.4) is 0 Å². The fourth-order valence-corrected chi connectivity index (χ4v) is 3.38. The number of esters is 1. The molecule has 5 unspecified atom stereocenters. The third-order valence-corrected chi connectivity index (χ3v) is 4.51. The van der Waals surface area contributed by atoms with Crippen molar-refractivity contribution in [1.82, 2.24) is 0 Å². The van der Waals surface area contributed by atoms with E-state index in [1.807, 2.05) is 0 Å². The van der Waals surface area contributed by atoms with Gasteiger partial charge >= 0.3 is 5.97 Å². The van der Waals surface area contributed by atoms with Crippen molar-refractivity contribution in [1.29, 1.82) is 0 Å². The summed E-state index contributed by atoms with van der Waals surface area (Å²) in [5.41, 5.74) is 0. The Bertz CT molecular complexity index is 302. The number of carbonyl (C=O) groups is 1. The maximum absolute atomic E-state index is 12.1. The molecule has 3 fully saturated rings. The third kappa shape index (κ3) is 2.65. The predicted octanol–water partition coefficient (Wildman–Crippen LogP) is 2.68. The molecule has 3 heteroatoms. The van der Waals surface area contributed by atoms with Gasteiger partial charge in [-0.1, -0.05) is 19.8 Å². The molecule has 1 aliphatic heterocycles. The van der Waals surface area contributed by atoms with Gasteiger partial charge in [-0.3, -0.25) is 4.79 Å². The summed E-state index contributed by atoms with van der Waals surface area (Å²) >= 11 is 0. The van der Waals surface area contributed by atoms with Crippen molar-refractivity contribution in [2.45, 2.75) is 70.2 Å². The highest BCUT2D eigenvalue weighted by Gasteiger charge is 2.45. The average molecular weight is 238 g/mol. The summed E-state index contributed by atoms with van der Waals surface area (Å²) in [7, 11) is 0. The highest BCUT2D eigenvalue weighted by Crippen LogP contribution is 2.38. The van der Waals surface area contributed by atoms with Crippen molar-refractivity contribution in [3.05, 3.63) is 0 Å². The van der Waals surface area contributed by atoms with Crippen LogP contribution in [0.5, 0.6) is 0 Å². The quantitative estimate of drug-likeness (QED) is 0.548. The summed E-state index contributed by atoms with van der Waals surface area (Å²) in [5.74, 6) is 0.904. The minimum atomic E-state index is 0.0562. The monoisotopic (exact) mass is 238 g/mol. The lowest BCUT2D eigenvalue weighted by molar-refractivity contribution is -0.156. The Morgan fingerprint density at radius 1 is 1.12 bits per heavy atom. The van der Waals surface area contributed by atoms with Crippen molar-refractivity contribution in [3.63, 3.8) is 0 Å². The molecule has 0 radical (unpaired) electrons. The maximum Gasteiger partial charge on any atom is 0.309 e. The van der Waals surface area contributed by atoms with Crippen molar-refractivity contribution in [2.75, 3.05) is 0 Å². The van der Waals surface area contributed by atoms with Crippen molar-refractivity contribution >= 4 is 5.97 Å². The van der Waals surface area contributed by atoms with E-state index in [2.05, 4.69) is 6.92 Å². The average Bonchev–Trinajstić information content (AvgIpc) is 3.07. The smallest absolute Gasteiger partial charge is 0.309 e. The first-order valence-corrected chi connectivity index (χ1v) is 7.08. The van der Waals surface area contributed by atoms with E-state index in [1.54, 1.807) is 0 Å². The van der Waals surface area contributed by atoms with Gasteiger partial charge in [-0.2, -0.15) is 0 Å². The molecule has 0 aromatic carbocycles. The van der Waals surface area contributed by atoms with Crippen LogP contribution >= 0.6 is 0 Å². The van der Waals surface area contributed by atoms with Crippen LogP contribution in [-0.4, -0.2) is 24.3 Å². The number of rotatable bonds is 2. The molecule has 0 aromatic heterocycles. The zero-order valence-electron chi connectivity index (χ0n) is 10.6. The van der Waals surface area contributed by atoms with E-state index in [9.17, 15) is 4.79 Å². The molecule has 1 saturated heterocycles. The Balaban J connectivity index is 1.48. The first-order valence-electron chi connectivity index (χ1n) is 7.08. The fourth-order valence-electron chi connectivity index (χ4n) is 3.38. The van der Waals surface area contributed by atoms with E-state index >= 15 is 0 Å². The zero-order chi connectivity index (χ0) is 11.8. The standard InChI is InChI=1S/C14H22O3/c1-9-3-2-4-10(7-9)14(15)16-11-5-6-12-13(8-11)17-12/h9-13H,2-8H2,1H3. The van der Waals surface area contributed by atoms with Crippen LogP contribution in [0, 0.1) is 11.8 Å². The molecule has 0 bridgehead atoms. The number of hydrogen-bond acceptors (Lipinski definition) is 3. The van der Waals surface area contributed by atoms with Gasteiger partial charge in [-0.25, -0.2) is 0 Å². The summed E-state index contributed by atoms with van der Waals surface area (Å²) in [6.45, 7) is 2.24. The number of epoxide rings is 1. The minimum Gasteiger partial charge on any atom is -0.462 e. The number of ether oxygens (including phenoxy) is 2. The van der Waals surface area contributed by atoms with Crippen LogP contribution in [0.15, 0.2) is 0 Å². The van der Waals surface area contributed by atoms with Crippen LogP contribution < -0.4 is 0 Å². The Morgan fingerprint density at radius 2 is 2.00 bits per heavy atom. The molecule has 3 aliphatic rings. The number of carbonyl (C=O) groups excluding carboxylic acids is 1. The van der Waals surface area contributed by atoms with Crippen LogP contribution in [0.1, 0.15) is 51.9 Å². The van der Waals surface area contributed by atoms with Gasteiger partial charge in [-0.05, 0) is 31.6 Å². The second kappa shape index (κ2) is 4.60. The van der Waals surface area contributed by atoms with Gasteiger partial charge in [0.1, 0.15) is 6.10 Å². The highest BCUT2D eigenvalue weighted by molar-refractivity contribution is 5.72. The van der Waals surface area contributed by atoms with E-state index in [1.165, 1.54) is 12.8 Å². The van der Waals surface area contributed by atoms with Crippen LogP contribution in [0.2, 0.25) is 0 Å². The van der Waals surface area contributed by atoms with Crippen LogP contribution in [0.25, 0.3) is 0 Å². The molecule has 0 aromatic rings. The molecule has 1 heterocycles. The molecule has 0 spiro atoms. The normalized spacial score (nSPS) is 44.9. The van der Waals surface area contributed by atoms with Gasteiger partial charge in [0.25, 0.3) is 0 Å². The second-order valence-electron chi connectivity index (χ2n) is 6.05. The molecule has 96 valence electrons. The minimum absolute atomic E-state index is 0.0562. The van der Waals surface area contributed by atoms with Gasteiger partial charge in [0.2, 0.25) is 0 Å². The lowest BCUT2D eigenvalue weighted by Gasteiger charge is -2.27. The molecule has 3 nitrogen and oxygen atoms in total. The van der Waals surface area contributed by atoms with E-state index in [0.29, 0.717) is 18.1 Å². The van der Waals surface area contributed by atoms with Gasteiger partial charge in [0.05, 0.1) is 18.1 Å². The lowest BCUT2D eigenvalue weighted by atomic mass is 9.82. The maximum atomic E-state index is 12.1. The van der Waals surface area contributed by atoms with Crippen LogP contribution in [-0.2, 0) is 14.3 Å². The second-order valence-corrected chi connectivity index (χ2v) is 6.05. The molecule has 2 saturated carbocycles. The van der Waals surface area contributed by atoms with Gasteiger partial charge in [0, 0.05) is 6.42 Å². The SMILES string of the molecule is CC1CCCC(C(=O)OC2CCC3OC3C2)C1. The van der Waals surface area contributed by atoms with E-state index in [-0.39, 0.29) is 18.0 Å². The van der Waals surface area contributed by atoms with Gasteiger partial charge in [0.15, 0.2) is 0 Å². The third-order valence-electron chi connectivity index (χ3n) is 4.51. The lowest BCUT2D eigenvalue weighted by Crippen LogP contribution is -2.30. The van der Waals surface area contributed by atoms with E-state index in [0.717, 1.165) is 32.1 Å². The first kappa shape index (κ1) is 11.5. The molecule has 5 atom stereocenters. The Kier molecular flexibility index (Phi) is 3.12. The summed E-state index contributed by atoms with van der Waals surface area (Å²) in [4.78, 5) is 12.1. The topological polar surface area (TPSA) is 38.8 Å². The van der Waals surface area contributed by atoms with Crippen molar-refractivity contribution in [2.24, 2.45) is 11.8 Å². The zero-order valence-corrected chi connectivity index (χ0v) is 10.6. The Morgan fingerprint density at radius 3 is 2.76 bits per heavy atom. The molecule has 0 amide bonds. The molecular formula is C14H22O3. The van der Waals surface area contributed by atoms with E-state index in [4.69, 9.17) is 9.47 Å². The van der Waals surface area contributed by atoms with Crippen LogP contribution in [0.4, 0.5) is 0 Å². The Hall–Kier alpha value is -0.570. The fraction of sp³-hybridized carbons (Fsp3) is 0.929. The molecule has 17 heavy (non-hydrogen) atoms. The number of hydrogen-bond donors (Lipinski definition) is 0. The van der Waals surface area contributed by atoms with Gasteiger partial charge in [-0.15, -0.1) is 0 Å². The summed E-state index contributed by atoms with van der Waals surface area (Å²) in [5, 5.41) is 0. The van der Waals surface area contributed by atoms with Gasteiger partial charge < -0.3 is 9.47 Å². The molecule has 3 rings (SSSR count).